The molecule has 0 radical (unpaired) electrons. The molecule has 21 heavy (non-hydrogen) atoms. The molecule has 5 nitrogen and oxygen atoms in total. The number of rotatable bonds is 3. The van der Waals surface area contributed by atoms with E-state index in [1.165, 1.54) is 4.68 Å². The maximum atomic E-state index is 12.4. The number of halogens is 1. The molecule has 0 N–H and O–H groups in total. The van der Waals surface area contributed by atoms with Crippen LogP contribution in [0.1, 0.15) is 5.56 Å². The third kappa shape index (κ3) is 2.60. The van der Waals surface area contributed by atoms with Crippen molar-refractivity contribution in [2.24, 2.45) is 0 Å². The zero-order valence-corrected chi connectivity index (χ0v) is 12.0. The summed E-state index contributed by atoms with van der Waals surface area (Å²) >= 11 is 6.00. The minimum atomic E-state index is -0.192. The molecule has 0 aliphatic carbocycles. The van der Waals surface area contributed by atoms with Gasteiger partial charge in [-0.05, 0) is 30.3 Å². The van der Waals surface area contributed by atoms with Crippen LogP contribution in [0.15, 0.2) is 47.3 Å². The van der Waals surface area contributed by atoms with Crippen LogP contribution in [0.2, 0.25) is 5.02 Å². The first-order chi connectivity index (χ1) is 10.2. The van der Waals surface area contributed by atoms with E-state index in [0.717, 1.165) is 5.56 Å². The highest BCUT2D eigenvalue weighted by Crippen LogP contribution is 2.23. The summed E-state index contributed by atoms with van der Waals surface area (Å²) in [5, 5.41) is 9.13. The largest absolute Gasteiger partial charge is 0.496 e. The number of hydrogen-bond donors (Lipinski definition) is 0. The molecule has 0 saturated carbocycles. The number of methoxy groups -OCH3 is 1. The van der Waals surface area contributed by atoms with Crippen molar-refractivity contribution in [3.8, 4) is 5.75 Å². The normalized spacial score (nSPS) is 10.8. The monoisotopic (exact) mass is 301 g/mol. The van der Waals surface area contributed by atoms with Crippen molar-refractivity contribution >= 4 is 22.5 Å². The fraction of sp³-hybridized carbons (Fsp3) is 0.133. The third-order valence-electron chi connectivity index (χ3n) is 3.19. The molecule has 106 valence electrons. The molecule has 0 amide bonds. The van der Waals surface area contributed by atoms with Crippen LogP contribution in [-0.2, 0) is 6.54 Å². The topological polar surface area (TPSA) is 57.0 Å². The molecule has 0 fully saturated rings. The first-order valence-electron chi connectivity index (χ1n) is 6.34. The Hall–Kier alpha value is -2.40. The van der Waals surface area contributed by atoms with Crippen molar-refractivity contribution in [1.29, 1.82) is 0 Å². The molecular formula is C15H12ClN3O2. The van der Waals surface area contributed by atoms with Gasteiger partial charge in [0.1, 0.15) is 11.3 Å². The van der Waals surface area contributed by atoms with Gasteiger partial charge in [-0.3, -0.25) is 4.79 Å². The number of benzene rings is 2. The number of hydrogen-bond acceptors (Lipinski definition) is 4. The molecule has 0 aliphatic rings. The van der Waals surface area contributed by atoms with Gasteiger partial charge in [-0.25, -0.2) is 4.68 Å². The number of nitrogens with zero attached hydrogens (tertiary/aromatic N) is 3. The van der Waals surface area contributed by atoms with Gasteiger partial charge in [-0.2, -0.15) is 0 Å². The molecule has 3 aromatic rings. The lowest BCUT2D eigenvalue weighted by atomic mass is 10.2. The van der Waals surface area contributed by atoms with Crippen molar-refractivity contribution < 1.29 is 4.74 Å². The van der Waals surface area contributed by atoms with Crippen LogP contribution in [0.25, 0.3) is 10.9 Å². The summed E-state index contributed by atoms with van der Waals surface area (Å²) in [5.74, 6) is 0.654. The highest BCUT2D eigenvalue weighted by molar-refractivity contribution is 6.30. The zero-order chi connectivity index (χ0) is 14.8. The van der Waals surface area contributed by atoms with Crippen LogP contribution in [0.4, 0.5) is 0 Å². The van der Waals surface area contributed by atoms with Crippen LogP contribution >= 0.6 is 11.6 Å². The third-order valence-corrected chi connectivity index (χ3v) is 3.43. The molecular weight excluding hydrogens is 290 g/mol. The second-order valence-electron chi connectivity index (χ2n) is 4.53. The highest BCUT2D eigenvalue weighted by atomic mass is 35.5. The number of ether oxygens (including phenoxy) is 1. The summed E-state index contributed by atoms with van der Waals surface area (Å²) in [6, 6.07) is 12.4. The van der Waals surface area contributed by atoms with Crippen LogP contribution < -0.4 is 10.3 Å². The Morgan fingerprint density at radius 3 is 2.86 bits per heavy atom. The van der Waals surface area contributed by atoms with E-state index < -0.39 is 0 Å². The minimum Gasteiger partial charge on any atom is -0.496 e. The van der Waals surface area contributed by atoms with Gasteiger partial charge in [0.15, 0.2) is 0 Å². The summed E-state index contributed by atoms with van der Waals surface area (Å²) in [4.78, 5) is 12.4. The Labute approximate surface area is 125 Å². The average molecular weight is 302 g/mol. The number of fused-ring (bicyclic) bond motifs is 1. The molecule has 1 heterocycles. The summed E-state index contributed by atoms with van der Waals surface area (Å²) in [5.41, 5.74) is 1.16. The van der Waals surface area contributed by atoms with Gasteiger partial charge in [0.05, 0.1) is 19.0 Å². The number of aromatic nitrogens is 3. The van der Waals surface area contributed by atoms with E-state index in [4.69, 9.17) is 16.3 Å². The molecule has 0 saturated heterocycles. The Kier molecular flexibility index (Phi) is 3.58. The Balaban J connectivity index is 2.08. The zero-order valence-electron chi connectivity index (χ0n) is 11.3. The molecule has 6 heteroatoms. The van der Waals surface area contributed by atoms with E-state index in [1.54, 1.807) is 43.5 Å². The minimum absolute atomic E-state index is 0.192. The predicted molar refractivity (Wildman–Crippen MR) is 80.9 cm³/mol. The predicted octanol–water partition coefficient (Wildman–Crippen LogP) is 2.50. The lowest BCUT2D eigenvalue weighted by Crippen LogP contribution is -2.25. The molecule has 1 aromatic heterocycles. The van der Waals surface area contributed by atoms with E-state index in [1.807, 2.05) is 6.07 Å². The summed E-state index contributed by atoms with van der Waals surface area (Å²) < 4.78 is 6.58. The second kappa shape index (κ2) is 5.54. The molecule has 0 unspecified atom stereocenters. The Morgan fingerprint density at radius 1 is 1.24 bits per heavy atom. The summed E-state index contributed by atoms with van der Waals surface area (Å²) in [7, 11) is 1.57. The van der Waals surface area contributed by atoms with E-state index in [0.29, 0.717) is 21.7 Å². The second-order valence-corrected chi connectivity index (χ2v) is 4.96. The smallest absolute Gasteiger partial charge is 0.277 e. The first kappa shape index (κ1) is 13.6. The van der Waals surface area contributed by atoms with Crippen molar-refractivity contribution in [2.75, 3.05) is 7.11 Å². The fourth-order valence-electron chi connectivity index (χ4n) is 2.16. The van der Waals surface area contributed by atoms with Crippen molar-refractivity contribution in [1.82, 2.24) is 15.0 Å². The highest BCUT2D eigenvalue weighted by Gasteiger charge is 2.09. The van der Waals surface area contributed by atoms with E-state index in [2.05, 4.69) is 10.3 Å². The molecule has 3 rings (SSSR count). The molecule has 0 atom stereocenters. The van der Waals surface area contributed by atoms with Crippen molar-refractivity contribution in [3.63, 3.8) is 0 Å². The lowest BCUT2D eigenvalue weighted by Gasteiger charge is -2.10. The Morgan fingerprint density at radius 2 is 2.05 bits per heavy atom. The van der Waals surface area contributed by atoms with Gasteiger partial charge in [-0.1, -0.05) is 28.9 Å². The van der Waals surface area contributed by atoms with Gasteiger partial charge >= 0.3 is 0 Å². The van der Waals surface area contributed by atoms with Crippen LogP contribution in [0.5, 0.6) is 5.75 Å². The molecule has 0 bridgehead atoms. The van der Waals surface area contributed by atoms with Gasteiger partial charge in [-0.15, -0.1) is 5.10 Å². The lowest BCUT2D eigenvalue weighted by molar-refractivity contribution is 0.406. The van der Waals surface area contributed by atoms with Gasteiger partial charge in [0.25, 0.3) is 5.56 Å². The van der Waals surface area contributed by atoms with Gasteiger partial charge in [0.2, 0.25) is 0 Å². The summed E-state index contributed by atoms with van der Waals surface area (Å²) in [6.07, 6.45) is 0. The van der Waals surface area contributed by atoms with E-state index in [-0.39, 0.29) is 12.1 Å². The SMILES string of the molecule is COc1ccc(Cl)cc1Cn1nnc2ccccc2c1=O. The van der Waals surface area contributed by atoms with Crippen molar-refractivity contribution in [2.45, 2.75) is 6.54 Å². The maximum absolute atomic E-state index is 12.4. The average Bonchev–Trinajstić information content (AvgIpc) is 2.51. The van der Waals surface area contributed by atoms with E-state index >= 15 is 0 Å². The summed E-state index contributed by atoms with van der Waals surface area (Å²) in [6.45, 7) is 0.250. The van der Waals surface area contributed by atoms with Crippen molar-refractivity contribution in [3.05, 3.63) is 63.4 Å². The van der Waals surface area contributed by atoms with Gasteiger partial charge < -0.3 is 4.74 Å². The standard InChI is InChI=1S/C15H12ClN3O2/c1-21-14-7-6-11(16)8-10(14)9-19-15(20)12-4-2-3-5-13(12)17-18-19/h2-8H,9H2,1H3. The fourth-order valence-corrected chi connectivity index (χ4v) is 2.35. The van der Waals surface area contributed by atoms with Crippen LogP contribution in [0, 0.1) is 0 Å². The first-order valence-corrected chi connectivity index (χ1v) is 6.72. The maximum Gasteiger partial charge on any atom is 0.277 e. The Bertz CT molecular complexity index is 861. The molecule has 0 aliphatic heterocycles. The van der Waals surface area contributed by atoms with E-state index in [9.17, 15) is 4.79 Å². The molecule has 0 spiro atoms. The van der Waals surface area contributed by atoms with Gasteiger partial charge in [0, 0.05) is 10.6 Å². The molecule has 2 aromatic carbocycles. The quantitative estimate of drug-likeness (QED) is 0.746. The van der Waals surface area contributed by atoms with Crippen LogP contribution in [0.3, 0.4) is 0 Å². The van der Waals surface area contributed by atoms with Crippen LogP contribution in [-0.4, -0.2) is 22.1 Å².